The number of hydrogen-bond donors (Lipinski definition) is 1. The van der Waals surface area contributed by atoms with Crippen LogP contribution in [0.5, 0.6) is 0 Å². The number of carbonyl (C=O) groups excluding carboxylic acids is 1. The summed E-state index contributed by atoms with van der Waals surface area (Å²) in [6.45, 7) is 9.39. The number of aryl methyl sites for hydroxylation is 1. The molecule has 3 heteroatoms. The second-order valence-corrected chi connectivity index (χ2v) is 7.64. The summed E-state index contributed by atoms with van der Waals surface area (Å²) in [7, 11) is 2.01. The molecule has 1 heterocycles. The van der Waals surface area contributed by atoms with Gasteiger partial charge in [0, 0.05) is 19.5 Å². The minimum Gasteiger partial charge on any atom is -0.343 e. The Labute approximate surface area is 141 Å². The summed E-state index contributed by atoms with van der Waals surface area (Å²) in [5.41, 5.74) is 2.41. The van der Waals surface area contributed by atoms with Crippen molar-refractivity contribution in [2.45, 2.75) is 51.9 Å². The number of rotatable bonds is 6. The van der Waals surface area contributed by atoms with Crippen molar-refractivity contribution in [2.24, 2.45) is 5.92 Å². The molecule has 2 rings (SSSR count). The normalized spacial score (nSPS) is 16.6. The van der Waals surface area contributed by atoms with Crippen LogP contribution in [-0.4, -0.2) is 37.5 Å². The molecule has 0 bridgehead atoms. The molecule has 0 saturated carbocycles. The smallest absolute Gasteiger partial charge is 0.223 e. The Bertz CT molecular complexity index is 499. The van der Waals surface area contributed by atoms with Gasteiger partial charge in [-0.25, -0.2) is 0 Å². The van der Waals surface area contributed by atoms with E-state index in [9.17, 15) is 4.79 Å². The lowest BCUT2D eigenvalue weighted by molar-refractivity contribution is -0.133. The molecule has 1 saturated heterocycles. The van der Waals surface area contributed by atoms with Crippen LogP contribution in [-0.2, 0) is 10.2 Å². The number of amides is 1. The molecule has 0 radical (unpaired) electrons. The van der Waals surface area contributed by atoms with Gasteiger partial charge >= 0.3 is 0 Å². The molecule has 1 aromatic rings. The number of likely N-dealkylation sites (tertiary alicyclic amines) is 1. The standard InChI is InChI=1S/C20H32N2O/c1-16-5-7-18(8-6-16)20(2,3)15-19(23)22-13-10-17(11-14-22)9-12-21-4/h5-8,17,21H,9-15H2,1-4H3. The Balaban J connectivity index is 1.88. The van der Waals surface area contributed by atoms with E-state index in [1.807, 2.05) is 7.05 Å². The molecule has 23 heavy (non-hydrogen) atoms. The quantitative estimate of drug-likeness (QED) is 0.871. The predicted octanol–water partition coefficient (Wildman–Crippen LogP) is 3.51. The first-order chi connectivity index (χ1) is 10.9. The van der Waals surface area contributed by atoms with E-state index in [1.165, 1.54) is 17.5 Å². The number of carbonyl (C=O) groups is 1. The van der Waals surface area contributed by atoms with Gasteiger partial charge in [0.25, 0.3) is 0 Å². The van der Waals surface area contributed by atoms with Crippen LogP contribution in [0.3, 0.4) is 0 Å². The van der Waals surface area contributed by atoms with Gasteiger partial charge in [-0.2, -0.15) is 0 Å². The van der Waals surface area contributed by atoms with Gasteiger partial charge in [-0.3, -0.25) is 4.79 Å². The summed E-state index contributed by atoms with van der Waals surface area (Å²) in [6.07, 6.45) is 4.13. The van der Waals surface area contributed by atoms with E-state index in [-0.39, 0.29) is 5.41 Å². The Morgan fingerprint density at radius 3 is 2.39 bits per heavy atom. The maximum atomic E-state index is 12.7. The van der Waals surface area contributed by atoms with Gasteiger partial charge in [-0.15, -0.1) is 0 Å². The van der Waals surface area contributed by atoms with Crippen LogP contribution in [0.25, 0.3) is 0 Å². The third kappa shape index (κ3) is 5.07. The van der Waals surface area contributed by atoms with Gasteiger partial charge in [0.2, 0.25) is 5.91 Å². The van der Waals surface area contributed by atoms with Crippen LogP contribution in [0, 0.1) is 12.8 Å². The molecule has 3 nitrogen and oxygen atoms in total. The molecule has 1 aromatic carbocycles. The van der Waals surface area contributed by atoms with Crippen molar-refractivity contribution in [2.75, 3.05) is 26.7 Å². The van der Waals surface area contributed by atoms with Crippen molar-refractivity contribution in [3.63, 3.8) is 0 Å². The Morgan fingerprint density at radius 2 is 1.83 bits per heavy atom. The molecule has 1 fully saturated rings. The Hall–Kier alpha value is -1.35. The fourth-order valence-electron chi connectivity index (χ4n) is 3.42. The van der Waals surface area contributed by atoms with Crippen LogP contribution < -0.4 is 5.32 Å². The maximum absolute atomic E-state index is 12.7. The Morgan fingerprint density at radius 1 is 1.22 bits per heavy atom. The predicted molar refractivity (Wildman–Crippen MR) is 96.7 cm³/mol. The van der Waals surface area contributed by atoms with Crippen molar-refractivity contribution in [3.05, 3.63) is 35.4 Å². The summed E-state index contributed by atoms with van der Waals surface area (Å²) in [6, 6.07) is 8.59. The van der Waals surface area contributed by atoms with Crippen molar-refractivity contribution in [3.8, 4) is 0 Å². The van der Waals surface area contributed by atoms with E-state index in [0.717, 1.165) is 38.4 Å². The minimum atomic E-state index is -0.103. The van der Waals surface area contributed by atoms with Gasteiger partial charge in [0.15, 0.2) is 0 Å². The second-order valence-electron chi connectivity index (χ2n) is 7.64. The van der Waals surface area contributed by atoms with Gasteiger partial charge in [0.05, 0.1) is 0 Å². The van der Waals surface area contributed by atoms with Crippen molar-refractivity contribution in [1.82, 2.24) is 10.2 Å². The lowest BCUT2D eigenvalue weighted by atomic mass is 9.80. The molecule has 0 spiro atoms. The zero-order valence-electron chi connectivity index (χ0n) is 15.2. The lowest BCUT2D eigenvalue weighted by Crippen LogP contribution is -2.41. The van der Waals surface area contributed by atoms with E-state index in [4.69, 9.17) is 0 Å². The topological polar surface area (TPSA) is 32.3 Å². The van der Waals surface area contributed by atoms with Gasteiger partial charge in [0.1, 0.15) is 0 Å². The molecule has 1 aliphatic heterocycles. The molecule has 1 aliphatic rings. The molecular formula is C20H32N2O. The highest BCUT2D eigenvalue weighted by molar-refractivity contribution is 5.77. The van der Waals surface area contributed by atoms with E-state index in [2.05, 4.69) is 55.3 Å². The summed E-state index contributed by atoms with van der Waals surface area (Å²) in [5, 5.41) is 3.22. The number of nitrogens with zero attached hydrogens (tertiary/aromatic N) is 1. The molecule has 1 amide bonds. The summed E-state index contributed by atoms with van der Waals surface area (Å²) in [5.74, 6) is 1.08. The van der Waals surface area contributed by atoms with Crippen molar-refractivity contribution >= 4 is 5.91 Å². The van der Waals surface area contributed by atoms with Gasteiger partial charge in [-0.1, -0.05) is 43.7 Å². The molecule has 0 atom stereocenters. The SMILES string of the molecule is CNCCC1CCN(C(=O)CC(C)(C)c2ccc(C)cc2)CC1. The Kier molecular flexibility index (Phi) is 6.23. The monoisotopic (exact) mass is 316 g/mol. The molecule has 128 valence electrons. The second kappa shape index (κ2) is 7.96. The van der Waals surface area contributed by atoms with Crippen molar-refractivity contribution in [1.29, 1.82) is 0 Å². The molecule has 0 aromatic heterocycles. The molecule has 0 unspecified atom stereocenters. The maximum Gasteiger partial charge on any atom is 0.223 e. The summed E-state index contributed by atoms with van der Waals surface area (Å²) in [4.78, 5) is 14.8. The first kappa shape index (κ1) is 18.0. The molecular weight excluding hydrogens is 284 g/mol. The fraction of sp³-hybridized carbons (Fsp3) is 0.650. The minimum absolute atomic E-state index is 0.103. The number of benzene rings is 1. The highest BCUT2D eigenvalue weighted by Crippen LogP contribution is 2.29. The first-order valence-corrected chi connectivity index (χ1v) is 8.92. The van der Waals surface area contributed by atoms with E-state index < -0.39 is 0 Å². The average molecular weight is 316 g/mol. The van der Waals surface area contributed by atoms with E-state index in [1.54, 1.807) is 0 Å². The third-order valence-electron chi connectivity index (χ3n) is 5.20. The summed E-state index contributed by atoms with van der Waals surface area (Å²) < 4.78 is 0. The zero-order chi connectivity index (χ0) is 16.9. The average Bonchev–Trinajstić information content (AvgIpc) is 2.53. The first-order valence-electron chi connectivity index (χ1n) is 8.92. The zero-order valence-corrected chi connectivity index (χ0v) is 15.2. The van der Waals surface area contributed by atoms with E-state index >= 15 is 0 Å². The van der Waals surface area contributed by atoms with Crippen LogP contribution in [0.1, 0.15) is 50.7 Å². The van der Waals surface area contributed by atoms with Gasteiger partial charge in [-0.05, 0) is 56.7 Å². The number of hydrogen-bond acceptors (Lipinski definition) is 2. The highest BCUT2D eigenvalue weighted by Gasteiger charge is 2.29. The van der Waals surface area contributed by atoms with E-state index in [0.29, 0.717) is 12.3 Å². The number of piperidine rings is 1. The van der Waals surface area contributed by atoms with Crippen molar-refractivity contribution < 1.29 is 4.79 Å². The highest BCUT2D eigenvalue weighted by atomic mass is 16.2. The van der Waals surface area contributed by atoms with Gasteiger partial charge < -0.3 is 10.2 Å². The van der Waals surface area contributed by atoms with Crippen LogP contribution in [0.4, 0.5) is 0 Å². The summed E-state index contributed by atoms with van der Waals surface area (Å²) >= 11 is 0. The van der Waals surface area contributed by atoms with Crippen LogP contribution in [0.2, 0.25) is 0 Å². The lowest BCUT2D eigenvalue weighted by Gasteiger charge is -2.34. The van der Waals surface area contributed by atoms with Crippen LogP contribution in [0.15, 0.2) is 24.3 Å². The molecule has 0 aliphatic carbocycles. The largest absolute Gasteiger partial charge is 0.343 e. The molecule has 1 N–H and O–H groups in total. The van der Waals surface area contributed by atoms with Crippen LogP contribution >= 0.6 is 0 Å². The number of nitrogens with one attached hydrogen (secondary N) is 1. The fourth-order valence-corrected chi connectivity index (χ4v) is 3.42. The third-order valence-corrected chi connectivity index (χ3v) is 5.20.